The van der Waals surface area contributed by atoms with Gasteiger partial charge in [0.05, 0.1) is 20.3 Å². The molecule has 1 unspecified atom stereocenters. The van der Waals surface area contributed by atoms with E-state index in [4.69, 9.17) is 9.47 Å². The lowest BCUT2D eigenvalue weighted by atomic mass is 10.1. The number of halogens is 1. The number of hydrogen-bond acceptors (Lipinski definition) is 4. The Hall–Kier alpha value is -2.02. The summed E-state index contributed by atoms with van der Waals surface area (Å²) in [6, 6.07) is 3.07. The van der Waals surface area contributed by atoms with Gasteiger partial charge in [-0.05, 0) is 35.0 Å². The van der Waals surface area contributed by atoms with Crippen LogP contribution in [0.15, 0.2) is 29.0 Å². The number of nitrogens with zero attached hydrogens (tertiary/aromatic N) is 1. The summed E-state index contributed by atoms with van der Waals surface area (Å²) < 4.78 is 11.1. The Kier molecular flexibility index (Phi) is 4.85. The highest BCUT2D eigenvalue weighted by Crippen LogP contribution is 2.35. The van der Waals surface area contributed by atoms with Gasteiger partial charge in [0.1, 0.15) is 21.8 Å². The van der Waals surface area contributed by atoms with Crippen molar-refractivity contribution in [3.63, 3.8) is 0 Å². The van der Waals surface area contributed by atoms with Crippen LogP contribution in [0.5, 0.6) is 11.5 Å². The minimum Gasteiger partial charge on any atom is -0.495 e. The van der Waals surface area contributed by atoms with Gasteiger partial charge < -0.3 is 19.8 Å². The van der Waals surface area contributed by atoms with Crippen LogP contribution in [-0.2, 0) is 0 Å². The lowest BCUT2D eigenvalue weighted by molar-refractivity contribution is 0.0937. The van der Waals surface area contributed by atoms with Crippen molar-refractivity contribution in [1.29, 1.82) is 0 Å². The van der Waals surface area contributed by atoms with Crippen molar-refractivity contribution in [2.45, 2.75) is 13.0 Å². The number of nitrogens with one attached hydrogen (secondary N) is 2. The number of amides is 1. The molecule has 0 aliphatic carbocycles. The largest absolute Gasteiger partial charge is 0.495 e. The van der Waals surface area contributed by atoms with Gasteiger partial charge in [0.15, 0.2) is 0 Å². The summed E-state index contributed by atoms with van der Waals surface area (Å²) in [5.41, 5.74) is 0.449. The number of ether oxygens (including phenoxy) is 2. The Bertz CT molecular complexity index is 603. The van der Waals surface area contributed by atoms with Gasteiger partial charge >= 0.3 is 0 Å². The van der Waals surface area contributed by atoms with Gasteiger partial charge in [-0.25, -0.2) is 4.98 Å². The van der Waals surface area contributed by atoms with Crippen LogP contribution in [0.4, 0.5) is 0 Å². The normalized spacial score (nSPS) is 11.8. The Balaban J connectivity index is 2.23. The maximum Gasteiger partial charge on any atom is 0.252 e. The number of aromatic amines is 1. The topological polar surface area (TPSA) is 76.2 Å². The zero-order valence-corrected chi connectivity index (χ0v) is 13.5. The van der Waals surface area contributed by atoms with Crippen LogP contribution in [0.1, 0.15) is 29.1 Å². The highest BCUT2D eigenvalue weighted by molar-refractivity contribution is 9.10. The second kappa shape index (κ2) is 6.62. The highest BCUT2D eigenvalue weighted by Gasteiger charge is 2.17. The van der Waals surface area contributed by atoms with E-state index in [9.17, 15) is 4.79 Å². The maximum atomic E-state index is 12.3. The van der Waals surface area contributed by atoms with Crippen molar-refractivity contribution in [2.75, 3.05) is 14.2 Å². The molecule has 112 valence electrons. The van der Waals surface area contributed by atoms with E-state index in [1.54, 1.807) is 24.5 Å². The molecule has 0 bridgehead atoms. The van der Waals surface area contributed by atoms with Gasteiger partial charge in [-0.1, -0.05) is 0 Å². The first-order valence-corrected chi connectivity index (χ1v) is 7.07. The van der Waals surface area contributed by atoms with Crippen molar-refractivity contribution in [1.82, 2.24) is 15.3 Å². The van der Waals surface area contributed by atoms with Crippen molar-refractivity contribution in [2.24, 2.45) is 0 Å². The molecule has 7 heteroatoms. The molecule has 1 aromatic heterocycles. The minimum absolute atomic E-state index is 0.229. The Morgan fingerprint density at radius 3 is 2.43 bits per heavy atom. The smallest absolute Gasteiger partial charge is 0.252 e. The van der Waals surface area contributed by atoms with E-state index in [0.717, 1.165) is 0 Å². The average molecular weight is 354 g/mol. The molecule has 2 N–H and O–H groups in total. The lowest BCUT2D eigenvalue weighted by Crippen LogP contribution is -2.27. The molecular weight excluding hydrogens is 338 g/mol. The van der Waals surface area contributed by atoms with Gasteiger partial charge in [-0.15, -0.1) is 0 Å². The molecule has 0 saturated carbocycles. The molecule has 6 nitrogen and oxygen atoms in total. The minimum atomic E-state index is -0.233. The van der Waals surface area contributed by atoms with Gasteiger partial charge in [0.2, 0.25) is 0 Å². The summed E-state index contributed by atoms with van der Waals surface area (Å²) in [6.07, 6.45) is 3.35. The van der Waals surface area contributed by atoms with Gasteiger partial charge in [-0.3, -0.25) is 4.79 Å². The number of methoxy groups -OCH3 is 2. The van der Waals surface area contributed by atoms with Crippen LogP contribution in [0, 0.1) is 0 Å². The van der Waals surface area contributed by atoms with E-state index in [1.165, 1.54) is 14.2 Å². The zero-order valence-electron chi connectivity index (χ0n) is 11.9. The predicted octanol–water partition coefficient (Wildman–Crippen LogP) is 2.68. The number of imidazole rings is 1. The monoisotopic (exact) mass is 353 g/mol. The SMILES string of the molecule is COc1cc(C(=O)NC(C)c2ncc[nH]2)cc(OC)c1Br. The van der Waals surface area contributed by atoms with Crippen LogP contribution < -0.4 is 14.8 Å². The zero-order chi connectivity index (χ0) is 15.4. The number of aromatic nitrogens is 2. The highest BCUT2D eigenvalue weighted by atomic mass is 79.9. The Labute approximate surface area is 131 Å². The van der Waals surface area contributed by atoms with Crippen LogP contribution in [-0.4, -0.2) is 30.1 Å². The number of H-pyrrole nitrogens is 1. The molecule has 0 aliphatic heterocycles. The standard InChI is InChI=1S/C14H16BrN3O3/c1-8(13-16-4-5-17-13)18-14(19)9-6-10(20-2)12(15)11(7-9)21-3/h4-8H,1-3H3,(H,16,17)(H,18,19). The number of benzene rings is 1. The quantitative estimate of drug-likeness (QED) is 0.866. The molecule has 0 fully saturated rings. The van der Waals surface area contributed by atoms with Crippen molar-refractivity contribution in [3.05, 3.63) is 40.4 Å². The molecule has 2 rings (SSSR count). The van der Waals surface area contributed by atoms with E-state index in [1.807, 2.05) is 6.92 Å². The maximum absolute atomic E-state index is 12.3. The molecule has 0 aliphatic rings. The number of carbonyl (C=O) groups excluding carboxylic acids is 1. The van der Waals surface area contributed by atoms with Crippen molar-refractivity contribution in [3.8, 4) is 11.5 Å². The van der Waals surface area contributed by atoms with Crippen molar-refractivity contribution < 1.29 is 14.3 Å². The second-order valence-corrected chi connectivity index (χ2v) is 5.16. The van der Waals surface area contributed by atoms with E-state index in [2.05, 4.69) is 31.2 Å². The van der Waals surface area contributed by atoms with E-state index >= 15 is 0 Å². The average Bonchev–Trinajstić information content (AvgIpc) is 3.01. The Morgan fingerprint density at radius 2 is 1.95 bits per heavy atom. The van der Waals surface area contributed by atoms with E-state index < -0.39 is 0 Å². The summed E-state index contributed by atoms with van der Waals surface area (Å²) in [6.45, 7) is 1.85. The van der Waals surface area contributed by atoms with Crippen molar-refractivity contribution >= 4 is 21.8 Å². The van der Waals surface area contributed by atoms with Crippen LogP contribution in [0.25, 0.3) is 0 Å². The third-order valence-electron chi connectivity index (χ3n) is 2.98. The van der Waals surface area contributed by atoms with Crippen LogP contribution >= 0.6 is 15.9 Å². The summed E-state index contributed by atoms with van der Waals surface area (Å²) in [5, 5.41) is 2.86. The number of carbonyl (C=O) groups is 1. The summed E-state index contributed by atoms with van der Waals surface area (Å²) in [4.78, 5) is 19.4. The number of rotatable bonds is 5. The molecular formula is C14H16BrN3O3. The molecule has 1 atom stereocenters. The molecule has 21 heavy (non-hydrogen) atoms. The van der Waals surface area contributed by atoms with Crippen LogP contribution in [0.3, 0.4) is 0 Å². The fraction of sp³-hybridized carbons (Fsp3) is 0.286. The predicted molar refractivity (Wildman–Crippen MR) is 81.7 cm³/mol. The molecule has 1 amide bonds. The van der Waals surface area contributed by atoms with E-state index in [0.29, 0.717) is 27.4 Å². The van der Waals surface area contributed by atoms with E-state index in [-0.39, 0.29) is 11.9 Å². The summed E-state index contributed by atoms with van der Waals surface area (Å²) in [7, 11) is 3.07. The summed E-state index contributed by atoms with van der Waals surface area (Å²) >= 11 is 3.37. The molecule has 0 radical (unpaired) electrons. The second-order valence-electron chi connectivity index (χ2n) is 4.36. The first-order valence-electron chi connectivity index (χ1n) is 6.28. The summed E-state index contributed by atoms with van der Waals surface area (Å²) in [5.74, 6) is 1.53. The molecule has 2 aromatic rings. The Morgan fingerprint density at radius 1 is 1.33 bits per heavy atom. The third-order valence-corrected chi connectivity index (χ3v) is 3.77. The first-order chi connectivity index (χ1) is 10.1. The van der Waals surface area contributed by atoms with Gasteiger partial charge in [0.25, 0.3) is 5.91 Å². The van der Waals surface area contributed by atoms with Crippen LogP contribution in [0.2, 0.25) is 0 Å². The number of hydrogen-bond donors (Lipinski definition) is 2. The molecule has 0 spiro atoms. The van der Waals surface area contributed by atoms with Gasteiger partial charge in [-0.2, -0.15) is 0 Å². The lowest BCUT2D eigenvalue weighted by Gasteiger charge is -2.14. The van der Waals surface area contributed by atoms with Gasteiger partial charge in [0, 0.05) is 18.0 Å². The fourth-order valence-electron chi connectivity index (χ4n) is 1.86. The fourth-order valence-corrected chi connectivity index (χ4v) is 2.42. The molecule has 1 aromatic carbocycles. The molecule has 0 saturated heterocycles. The third kappa shape index (κ3) is 3.36. The molecule has 1 heterocycles. The first kappa shape index (κ1) is 15.4.